The number of carbonyl (C=O) groups is 1. The largest absolute Gasteiger partial charge is 0.478 e. The lowest BCUT2D eigenvalue weighted by Gasteiger charge is -2.02. The maximum atomic E-state index is 12.9. The summed E-state index contributed by atoms with van der Waals surface area (Å²) in [6.45, 7) is 0. The van der Waals surface area contributed by atoms with E-state index in [4.69, 9.17) is 9.66 Å². The molecule has 0 saturated heterocycles. The van der Waals surface area contributed by atoms with Gasteiger partial charge in [0.15, 0.2) is 0 Å². The number of carboxylic acid groups (broad SMARTS) is 1. The normalized spacial score (nSPS) is 11.3. The minimum Gasteiger partial charge on any atom is -0.478 e. The molecule has 0 unspecified atom stereocenters. The third-order valence-electron chi connectivity index (χ3n) is 1.47. The second-order valence-corrected chi connectivity index (χ2v) is 3.78. The average Bonchev–Trinajstić information content (AvgIpc) is 2.01. The van der Waals surface area contributed by atoms with Crippen LogP contribution in [0.2, 0.25) is 0 Å². The molecule has 0 spiro atoms. The van der Waals surface area contributed by atoms with E-state index >= 15 is 0 Å². The van der Waals surface area contributed by atoms with E-state index in [2.05, 4.69) is 0 Å². The fraction of sp³-hybridized carbons (Fsp3) is 0. The van der Waals surface area contributed by atoms with Gasteiger partial charge in [-0.25, -0.2) is 9.18 Å². The van der Waals surface area contributed by atoms with E-state index in [9.17, 15) is 17.6 Å². The third kappa shape index (κ3) is 1.88. The highest BCUT2D eigenvalue weighted by atomic mass is 32.2. The Bertz CT molecular complexity index is 479. The summed E-state index contributed by atoms with van der Waals surface area (Å²) < 4.78 is 42.7. The molecule has 1 aromatic rings. The molecular weight excluding hydrogens is 215 g/mol. The second kappa shape index (κ2) is 3.35. The molecule has 0 aliphatic rings. The number of hydrogen-bond acceptors (Lipinski definition) is 3. The Hall–Kier alpha value is -1.47. The maximum absolute atomic E-state index is 12.9. The maximum Gasteiger partial charge on any atom is 0.340 e. The number of carboxylic acids is 1. The number of hydrogen-bond donors (Lipinski definition) is 2. The van der Waals surface area contributed by atoms with Gasteiger partial charge in [0, 0.05) is 0 Å². The summed E-state index contributed by atoms with van der Waals surface area (Å²) in [4.78, 5) is 9.52. The topological polar surface area (TPSA) is 91.7 Å². The highest BCUT2D eigenvalue weighted by molar-refractivity contribution is 7.86. The fourth-order valence-electron chi connectivity index (χ4n) is 0.927. The molecule has 0 bridgehead atoms. The Labute approximate surface area is 78.5 Å². The SMILES string of the molecule is O=C(O)c1c(F)cccc1S(=O)(=O)O. The smallest absolute Gasteiger partial charge is 0.340 e. The Morgan fingerprint density at radius 3 is 2.29 bits per heavy atom. The van der Waals surface area contributed by atoms with Gasteiger partial charge in [0.25, 0.3) is 10.1 Å². The molecule has 0 fully saturated rings. The van der Waals surface area contributed by atoms with E-state index < -0.39 is 32.4 Å². The van der Waals surface area contributed by atoms with Gasteiger partial charge in [-0.2, -0.15) is 8.42 Å². The van der Waals surface area contributed by atoms with E-state index in [-0.39, 0.29) is 0 Å². The molecule has 0 aliphatic carbocycles. The average molecular weight is 220 g/mol. The van der Waals surface area contributed by atoms with Crippen LogP contribution in [0.1, 0.15) is 10.4 Å². The van der Waals surface area contributed by atoms with Crippen molar-refractivity contribution in [2.75, 3.05) is 0 Å². The van der Waals surface area contributed by atoms with Crippen LogP contribution in [0, 0.1) is 5.82 Å². The minimum atomic E-state index is -4.72. The van der Waals surface area contributed by atoms with Crippen LogP contribution in [-0.2, 0) is 10.1 Å². The Morgan fingerprint density at radius 1 is 1.36 bits per heavy atom. The van der Waals surface area contributed by atoms with Crippen LogP contribution in [0.25, 0.3) is 0 Å². The van der Waals surface area contributed by atoms with Gasteiger partial charge in [-0.15, -0.1) is 0 Å². The fourth-order valence-corrected chi connectivity index (χ4v) is 1.62. The van der Waals surface area contributed by atoms with Gasteiger partial charge in [-0.05, 0) is 12.1 Å². The van der Waals surface area contributed by atoms with Crippen molar-refractivity contribution in [3.8, 4) is 0 Å². The minimum absolute atomic E-state index is 0.790. The van der Waals surface area contributed by atoms with Crippen molar-refractivity contribution in [2.24, 2.45) is 0 Å². The highest BCUT2D eigenvalue weighted by Crippen LogP contribution is 2.18. The number of benzene rings is 1. The van der Waals surface area contributed by atoms with Crippen molar-refractivity contribution in [1.29, 1.82) is 0 Å². The van der Waals surface area contributed by atoms with Crippen molar-refractivity contribution in [3.63, 3.8) is 0 Å². The first-order valence-electron chi connectivity index (χ1n) is 3.33. The predicted octanol–water partition coefficient (Wildman–Crippen LogP) is 0.771. The van der Waals surface area contributed by atoms with Gasteiger partial charge in [0.1, 0.15) is 16.3 Å². The molecule has 1 rings (SSSR count). The summed E-state index contributed by atoms with van der Waals surface area (Å²) in [7, 11) is -4.72. The quantitative estimate of drug-likeness (QED) is 0.718. The van der Waals surface area contributed by atoms with Crippen LogP contribution < -0.4 is 0 Å². The van der Waals surface area contributed by atoms with Crippen molar-refractivity contribution in [2.45, 2.75) is 4.90 Å². The lowest BCUT2D eigenvalue weighted by atomic mass is 10.2. The molecule has 5 nitrogen and oxygen atoms in total. The van der Waals surface area contributed by atoms with E-state index in [1.54, 1.807) is 0 Å². The summed E-state index contributed by atoms with van der Waals surface area (Å²) >= 11 is 0. The lowest BCUT2D eigenvalue weighted by molar-refractivity contribution is 0.0687. The Balaban J connectivity index is 3.61. The Morgan fingerprint density at radius 2 is 1.93 bits per heavy atom. The molecule has 0 heterocycles. The highest BCUT2D eigenvalue weighted by Gasteiger charge is 2.23. The molecule has 2 N–H and O–H groups in total. The van der Waals surface area contributed by atoms with Crippen molar-refractivity contribution < 1.29 is 27.3 Å². The Kier molecular flexibility index (Phi) is 2.54. The number of aromatic carboxylic acids is 1. The van der Waals surface area contributed by atoms with E-state index in [0.717, 1.165) is 18.2 Å². The van der Waals surface area contributed by atoms with Gasteiger partial charge in [-0.1, -0.05) is 6.07 Å². The molecule has 76 valence electrons. The first-order valence-corrected chi connectivity index (χ1v) is 4.77. The van der Waals surface area contributed by atoms with Crippen LogP contribution >= 0.6 is 0 Å². The lowest BCUT2D eigenvalue weighted by Crippen LogP contribution is -2.10. The summed E-state index contributed by atoms with van der Waals surface area (Å²) in [6.07, 6.45) is 0. The summed E-state index contributed by atoms with van der Waals surface area (Å²) in [6, 6.07) is 2.59. The zero-order chi connectivity index (χ0) is 10.9. The van der Waals surface area contributed by atoms with E-state index in [1.165, 1.54) is 0 Å². The molecule has 0 saturated carbocycles. The van der Waals surface area contributed by atoms with Crippen molar-refractivity contribution >= 4 is 16.1 Å². The van der Waals surface area contributed by atoms with Crippen LogP contribution in [0.5, 0.6) is 0 Å². The van der Waals surface area contributed by atoms with Gasteiger partial charge in [-0.3, -0.25) is 4.55 Å². The number of rotatable bonds is 2. The van der Waals surface area contributed by atoms with Crippen molar-refractivity contribution in [3.05, 3.63) is 29.6 Å². The van der Waals surface area contributed by atoms with E-state index in [0.29, 0.717) is 0 Å². The molecule has 14 heavy (non-hydrogen) atoms. The third-order valence-corrected chi connectivity index (χ3v) is 2.36. The van der Waals surface area contributed by atoms with Crippen LogP contribution in [0.4, 0.5) is 4.39 Å². The van der Waals surface area contributed by atoms with E-state index in [1.807, 2.05) is 0 Å². The monoisotopic (exact) mass is 220 g/mol. The molecular formula is C7H5FO5S. The van der Waals surface area contributed by atoms with Gasteiger partial charge in [0.2, 0.25) is 0 Å². The van der Waals surface area contributed by atoms with Crippen LogP contribution in [-0.4, -0.2) is 24.0 Å². The molecule has 1 aromatic carbocycles. The second-order valence-electron chi connectivity index (χ2n) is 2.39. The molecule has 0 atom stereocenters. The van der Waals surface area contributed by atoms with Gasteiger partial charge < -0.3 is 5.11 Å². The summed E-state index contributed by atoms with van der Waals surface area (Å²) in [5.74, 6) is -2.97. The van der Waals surface area contributed by atoms with Gasteiger partial charge >= 0.3 is 5.97 Å². The predicted molar refractivity (Wildman–Crippen MR) is 43.2 cm³/mol. The molecule has 0 amide bonds. The van der Waals surface area contributed by atoms with Crippen LogP contribution in [0.15, 0.2) is 23.1 Å². The zero-order valence-corrected chi connectivity index (χ0v) is 7.45. The van der Waals surface area contributed by atoms with Crippen LogP contribution in [0.3, 0.4) is 0 Å². The van der Waals surface area contributed by atoms with Crippen molar-refractivity contribution in [1.82, 2.24) is 0 Å². The first kappa shape index (κ1) is 10.6. The van der Waals surface area contributed by atoms with Gasteiger partial charge in [0.05, 0.1) is 0 Å². The first-order chi connectivity index (χ1) is 6.34. The molecule has 0 aromatic heterocycles. The molecule has 7 heteroatoms. The standard InChI is InChI=1S/C7H5FO5S/c8-4-2-1-3-5(14(11,12)13)6(4)7(9)10/h1-3H,(H,9,10)(H,11,12,13). The summed E-state index contributed by atoms with van der Waals surface area (Å²) in [5, 5.41) is 8.49. The molecule has 0 aliphatic heterocycles. The zero-order valence-electron chi connectivity index (χ0n) is 6.64. The number of halogens is 1. The summed E-state index contributed by atoms with van der Waals surface area (Å²) in [5.41, 5.74) is -1.06. The molecule has 0 radical (unpaired) electrons.